The molecule has 0 atom stereocenters. The summed E-state index contributed by atoms with van der Waals surface area (Å²) in [7, 11) is 1.32. The van der Waals surface area contributed by atoms with Crippen molar-refractivity contribution in [3.8, 4) is 0 Å². The number of fused-ring (bicyclic) bond motifs is 1. The van der Waals surface area contributed by atoms with Gasteiger partial charge in [-0.2, -0.15) is 4.99 Å². The van der Waals surface area contributed by atoms with E-state index in [1.165, 1.54) is 24.5 Å². The van der Waals surface area contributed by atoms with Crippen LogP contribution in [0.2, 0.25) is 0 Å². The van der Waals surface area contributed by atoms with Crippen molar-refractivity contribution in [3.63, 3.8) is 0 Å². The maximum absolute atomic E-state index is 13.1. The number of piperidine rings is 1. The van der Waals surface area contributed by atoms with E-state index in [1.807, 2.05) is 16.4 Å². The number of methoxy groups -OCH3 is 1. The molecular formula is C25H28N4O6S. The van der Waals surface area contributed by atoms with Gasteiger partial charge in [0.05, 0.1) is 34.4 Å². The lowest BCUT2D eigenvalue weighted by atomic mass is 10.1. The van der Waals surface area contributed by atoms with E-state index in [0.717, 1.165) is 42.6 Å². The Morgan fingerprint density at radius 2 is 1.86 bits per heavy atom. The smallest absolute Gasteiger partial charge is 0.337 e. The molecule has 0 aliphatic carbocycles. The van der Waals surface area contributed by atoms with Crippen molar-refractivity contribution in [1.29, 1.82) is 0 Å². The number of aromatic nitrogens is 1. The van der Waals surface area contributed by atoms with Crippen molar-refractivity contribution in [2.75, 3.05) is 38.3 Å². The van der Waals surface area contributed by atoms with Gasteiger partial charge >= 0.3 is 5.97 Å². The number of anilines is 1. The van der Waals surface area contributed by atoms with Gasteiger partial charge in [-0.05, 0) is 56.5 Å². The number of esters is 1. The largest absolute Gasteiger partial charge is 0.465 e. The molecule has 11 heteroatoms. The maximum Gasteiger partial charge on any atom is 0.337 e. The third-order valence-corrected chi connectivity index (χ3v) is 7.12. The predicted molar refractivity (Wildman–Crippen MR) is 137 cm³/mol. The number of thiazole rings is 1. The summed E-state index contributed by atoms with van der Waals surface area (Å²) >= 11 is 1.25. The molecule has 1 saturated heterocycles. The fourth-order valence-corrected chi connectivity index (χ4v) is 5.37. The highest BCUT2D eigenvalue weighted by molar-refractivity contribution is 7.16. The summed E-state index contributed by atoms with van der Waals surface area (Å²) < 4.78 is 12.9. The number of hydrogen-bond acceptors (Lipinski definition) is 8. The van der Waals surface area contributed by atoms with Crippen LogP contribution in [0.25, 0.3) is 10.2 Å². The number of carbonyl (C=O) groups is 2. The number of hydrogen-bond donors (Lipinski definition) is 0. The molecule has 1 aromatic heterocycles. The van der Waals surface area contributed by atoms with Crippen LogP contribution < -0.4 is 9.70 Å². The van der Waals surface area contributed by atoms with Gasteiger partial charge in [-0.15, -0.1) is 0 Å². The number of carbonyl (C=O) groups excluding carboxylic acids is 2. The lowest BCUT2D eigenvalue weighted by Gasteiger charge is -2.28. The van der Waals surface area contributed by atoms with E-state index in [0.29, 0.717) is 35.8 Å². The van der Waals surface area contributed by atoms with Gasteiger partial charge in [0.25, 0.3) is 11.6 Å². The third kappa shape index (κ3) is 5.47. The zero-order valence-electron chi connectivity index (χ0n) is 20.3. The molecule has 0 spiro atoms. The highest BCUT2D eigenvalue weighted by Crippen LogP contribution is 2.31. The molecular weight excluding hydrogens is 484 g/mol. The first-order chi connectivity index (χ1) is 17.4. The number of ether oxygens (including phenoxy) is 2. The van der Waals surface area contributed by atoms with Crippen molar-refractivity contribution in [2.45, 2.75) is 32.7 Å². The van der Waals surface area contributed by atoms with Crippen LogP contribution in [0.15, 0.2) is 41.4 Å². The van der Waals surface area contributed by atoms with E-state index in [2.05, 4.69) is 4.99 Å². The summed E-state index contributed by atoms with van der Waals surface area (Å²) in [6.07, 6.45) is 3.08. The Morgan fingerprint density at radius 3 is 2.56 bits per heavy atom. The summed E-state index contributed by atoms with van der Waals surface area (Å²) in [6, 6.07) is 9.69. The van der Waals surface area contributed by atoms with Crippen LogP contribution in [-0.4, -0.2) is 54.8 Å². The van der Waals surface area contributed by atoms with Gasteiger partial charge in [-0.25, -0.2) is 4.79 Å². The Bertz CT molecular complexity index is 1360. The number of nitrogens with zero attached hydrogens (tertiary/aromatic N) is 4. The molecule has 0 N–H and O–H groups in total. The molecule has 3 aromatic rings. The monoisotopic (exact) mass is 512 g/mol. The second-order valence-corrected chi connectivity index (χ2v) is 9.34. The van der Waals surface area contributed by atoms with Crippen LogP contribution in [0.3, 0.4) is 0 Å². The van der Waals surface area contributed by atoms with Gasteiger partial charge in [0.1, 0.15) is 5.69 Å². The lowest BCUT2D eigenvalue weighted by Crippen LogP contribution is -2.30. The minimum Gasteiger partial charge on any atom is -0.465 e. The predicted octanol–water partition coefficient (Wildman–Crippen LogP) is 4.17. The Labute approximate surface area is 211 Å². The highest BCUT2D eigenvalue weighted by Gasteiger charge is 2.23. The van der Waals surface area contributed by atoms with Crippen LogP contribution >= 0.6 is 11.3 Å². The standard InChI is InChI=1S/C25H28N4O6S/c1-3-35-14-13-28-20-10-8-18(24(31)34-2)16-22(20)36-25(28)26-23(30)17-7-9-19(21(15-17)29(32)33)27-11-5-4-6-12-27/h7-10,15-16H,3-6,11-14H2,1-2H3. The zero-order valence-corrected chi connectivity index (χ0v) is 21.1. The first kappa shape index (κ1) is 25.5. The quantitative estimate of drug-likeness (QED) is 0.192. The average Bonchev–Trinajstić information content (AvgIpc) is 3.24. The van der Waals surface area contributed by atoms with E-state index < -0.39 is 16.8 Å². The number of rotatable bonds is 8. The molecule has 0 saturated carbocycles. The molecule has 1 fully saturated rings. The molecule has 4 rings (SSSR count). The molecule has 1 aliphatic heterocycles. The highest BCUT2D eigenvalue weighted by atomic mass is 32.1. The lowest BCUT2D eigenvalue weighted by molar-refractivity contribution is -0.384. The van der Waals surface area contributed by atoms with Crippen LogP contribution in [0.5, 0.6) is 0 Å². The number of benzene rings is 2. The van der Waals surface area contributed by atoms with E-state index in [4.69, 9.17) is 9.47 Å². The Balaban J connectivity index is 1.74. The van der Waals surface area contributed by atoms with Gasteiger partial charge in [0, 0.05) is 37.9 Å². The summed E-state index contributed by atoms with van der Waals surface area (Å²) in [5.41, 5.74) is 1.77. The molecule has 1 amide bonds. The van der Waals surface area contributed by atoms with Crippen LogP contribution in [0.1, 0.15) is 46.9 Å². The topological polar surface area (TPSA) is 116 Å². The molecule has 2 aromatic carbocycles. The Hall–Kier alpha value is -3.57. The first-order valence-corrected chi connectivity index (χ1v) is 12.7. The van der Waals surface area contributed by atoms with Gasteiger partial charge in [-0.1, -0.05) is 11.3 Å². The van der Waals surface area contributed by atoms with Gasteiger partial charge in [-0.3, -0.25) is 14.9 Å². The molecule has 1 aliphatic rings. The van der Waals surface area contributed by atoms with Gasteiger partial charge in [0.15, 0.2) is 4.80 Å². The molecule has 10 nitrogen and oxygen atoms in total. The minimum atomic E-state index is -0.576. The van der Waals surface area contributed by atoms with E-state index in [9.17, 15) is 19.7 Å². The number of nitro groups is 1. The van der Waals surface area contributed by atoms with Gasteiger partial charge in [0.2, 0.25) is 0 Å². The van der Waals surface area contributed by atoms with E-state index >= 15 is 0 Å². The molecule has 0 radical (unpaired) electrons. The second kappa shape index (κ2) is 11.4. The van der Waals surface area contributed by atoms with Crippen molar-refractivity contribution in [3.05, 3.63) is 62.4 Å². The SMILES string of the molecule is CCOCCn1c(=NC(=O)c2ccc(N3CCCCC3)c([N+](=O)[O-])c2)sc2cc(C(=O)OC)ccc21. The molecule has 0 bridgehead atoms. The summed E-state index contributed by atoms with van der Waals surface area (Å²) in [5.74, 6) is -1.03. The van der Waals surface area contributed by atoms with Crippen molar-refractivity contribution in [2.24, 2.45) is 4.99 Å². The Morgan fingerprint density at radius 1 is 1.11 bits per heavy atom. The van der Waals surface area contributed by atoms with Crippen molar-refractivity contribution >= 4 is 44.8 Å². The fraction of sp³-hybridized carbons (Fsp3) is 0.400. The molecule has 2 heterocycles. The summed E-state index contributed by atoms with van der Waals surface area (Å²) in [4.78, 5) is 43.2. The molecule has 36 heavy (non-hydrogen) atoms. The number of nitro benzene ring substituents is 1. The van der Waals surface area contributed by atoms with E-state index in [-0.39, 0.29) is 11.3 Å². The van der Waals surface area contributed by atoms with Crippen LogP contribution in [0.4, 0.5) is 11.4 Å². The third-order valence-electron chi connectivity index (χ3n) is 6.08. The van der Waals surface area contributed by atoms with Crippen molar-refractivity contribution < 1.29 is 24.0 Å². The minimum absolute atomic E-state index is 0.0961. The Kier molecular flexibility index (Phi) is 8.11. The van der Waals surface area contributed by atoms with Crippen LogP contribution in [-0.2, 0) is 16.0 Å². The molecule has 0 unspecified atom stereocenters. The van der Waals surface area contributed by atoms with Crippen molar-refractivity contribution in [1.82, 2.24) is 4.57 Å². The van der Waals surface area contributed by atoms with Crippen LogP contribution in [0, 0.1) is 10.1 Å². The zero-order chi connectivity index (χ0) is 25.7. The second-order valence-electron chi connectivity index (χ2n) is 8.33. The average molecular weight is 513 g/mol. The summed E-state index contributed by atoms with van der Waals surface area (Å²) in [5, 5.41) is 11.8. The molecule has 190 valence electrons. The van der Waals surface area contributed by atoms with Gasteiger partial charge < -0.3 is 18.9 Å². The normalized spacial score (nSPS) is 14.3. The maximum atomic E-state index is 13.1. The van der Waals surface area contributed by atoms with E-state index in [1.54, 1.807) is 30.3 Å². The fourth-order valence-electron chi connectivity index (χ4n) is 4.28. The number of amides is 1. The first-order valence-electron chi connectivity index (χ1n) is 11.8. The summed E-state index contributed by atoms with van der Waals surface area (Å²) in [6.45, 7) is 4.83.